The molecule has 1 aliphatic rings. The number of pyridine rings is 1. The van der Waals surface area contributed by atoms with E-state index in [1.165, 1.54) is 6.20 Å². The molecule has 13 nitrogen and oxygen atoms in total. The van der Waals surface area contributed by atoms with E-state index in [2.05, 4.69) is 30.5 Å². The van der Waals surface area contributed by atoms with Gasteiger partial charge in [0.2, 0.25) is 0 Å². The molecule has 3 heterocycles. The molecule has 0 saturated carbocycles. The molecular weight excluding hydrogens is 530 g/mol. The van der Waals surface area contributed by atoms with Crippen LogP contribution in [0.1, 0.15) is 36.8 Å². The number of ether oxygens (including phenoxy) is 2. The molecule has 4 rings (SSSR count). The predicted octanol–water partition coefficient (Wildman–Crippen LogP) is 2.73. The molecule has 0 aliphatic carbocycles. The van der Waals surface area contributed by atoms with Crippen LogP contribution in [-0.2, 0) is 20.7 Å². The van der Waals surface area contributed by atoms with Crippen molar-refractivity contribution < 1.29 is 29.0 Å². The van der Waals surface area contributed by atoms with Crippen molar-refractivity contribution in [3.05, 3.63) is 60.2 Å². The fourth-order valence-electron chi connectivity index (χ4n) is 4.15. The average Bonchev–Trinajstić information content (AvgIpc) is 2.93. The SMILES string of the molecule is CC(C)(C)OC(=O)NC(Cc1ccc(-c2cnc(N)c(C(=O)Nc3cnccc3N3CCOCC3)n2)cc1)C(=O)O. The van der Waals surface area contributed by atoms with Crippen molar-refractivity contribution in [2.75, 3.05) is 42.3 Å². The summed E-state index contributed by atoms with van der Waals surface area (Å²) >= 11 is 0. The van der Waals surface area contributed by atoms with Gasteiger partial charge in [-0.15, -0.1) is 0 Å². The Morgan fingerprint density at radius 3 is 2.49 bits per heavy atom. The molecule has 2 aromatic heterocycles. The zero-order valence-corrected chi connectivity index (χ0v) is 23.1. The molecule has 1 aromatic carbocycles. The van der Waals surface area contributed by atoms with Crippen LogP contribution in [0, 0.1) is 0 Å². The normalized spacial score (nSPS) is 14.2. The van der Waals surface area contributed by atoms with Gasteiger partial charge < -0.3 is 35.8 Å². The number of carboxylic acid groups (broad SMARTS) is 1. The molecule has 41 heavy (non-hydrogen) atoms. The highest BCUT2D eigenvalue weighted by molar-refractivity contribution is 6.07. The molecule has 2 amide bonds. The fraction of sp³-hybridized carbons (Fsp3) is 0.357. The zero-order valence-electron chi connectivity index (χ0n) is 23.1. The van der Waals surface area contributed by atoms with Crippen molar-refractivity contribution >= 4 is 35.2 Å². The topological polar surface area (TPSA) is 182 Å². The number of nitrogens with two attached hydrogens (primary N) is 1. The standard InChI is InChI=1S/C28H33N7O6/c1-28(2,3)41-27(39)34-19(26(37)38)14-17-4-6-18(7-5-17)20-16-31-24(29)23(32-20)25(36)33-21-15-30-9-8-22(21)35-10-12-40-13-11-35/h4-9,15-16,19H,10-14H2,1-3H3,(H2,29,31)(H,33,36)(H,34,39)(H,37,38). The Morgan fingerprint density at radius 2 is 1.83 bits per heavy atom. The number of aromatic nitrogens is 3. The number of aliphatic carboxylic acids is 1. The minimum Gasteiger partial charge on any atom is -0.480 e. The number of nitrogens with zero attached hydrogens (tertiary/aromatic N) is 4. The molecule has 0 spiro atoms. The monoisotopic (exact) mass is 563 g/mol. The minimum atomic E-state index is -1.19. The van der Waals surface area contributed by atoms with Crippen molar-refractivity contribution in [2.24, 2.45) is 0 Å². The number of nitrogen functional groups attached to an aromatic ring is 1. The molecule has 216 valence electrons. The van der Waals surface area contributed by atoms with Gasteiger partial charge in [-0.25, -0.2) is 19.6 Å². The Balaban J connectivity index is 1.48. The number of hydrogen-bond donors (Lipinski definition) is 4. The fourth-order valence-corrected chi connectivity index (χ4v) is 4.15. The predicted molar refractivity (Wildman–Crippen MR) is 152 cm³/mol. The summed E-state index contributed by atoms with van der Waals surface area (Å²) in [6, 6.07) is 7.51. The Morgan fingerprint density at radius 1 is 1.12 bits per heavy atom. The maximum absolute atomic E-state index is 13.2. The van der Waals surface area contributed by atoms with E-state index in [4.69, 9.17) is 15.2 Å². The van der Waals surface area contributed by atoms with Gasteiger partial charge in [-0.2, -0.15) is 0 Å². The lowest BCUT2D eigenvalue weighted by atomic mass is 10.0. The maximum Gasteiger partial charge on any atom is 0.408 e. The van der Waals surface area contributed by atoms with Gasteiger partial charge in [-0.05, 0) is 32.4 Å². The molecule has 0 bridgehead atoms. The third-order valence-corrected chi connectivity index (χ3v) is 6.09. The van der Waals surface area contributed by atoms with Gasteiger partial charge in [0.05, 0.1) is 42.7 Å². The molecule has 1 aliphatic heterocycles. The summed E-state index contributed by atoms with van der Waals surface area (Å²) in [6.45, 7) is 7.63. The average molecular weight is 564 g/mol. The van der Waals surface area contributed by atoms with E-state index in [0.717, 1.165) is 5.69 Å². The van der Waals surface area contributed by atoms with Crippen LogP contribution in [0.4, 0.5) is 22.0 Å². The van der Waals surface area contributed by atoms with Gasteiger partial charge in [0.15, 0.2) is 11.5 Å². The third kappa shape index (κ3) is 7.88. The Labute approximate surface area is 237 Å². The van der Waals surface area contributed by atoms with E-state index >= 15 is 0 Å². The largest absolute Gasteiger partial charge is 0.480 e. The molecule has 5 N–H and O–H groups in total. The molecule has 1 unspecified atom stereocenters. The number of amides is 2. The van der Waals surface area contributed by atoms with Crippen molar-refractivity contribution in [3.63, 3.8) is 0 Å². The Kier molecular flexibility index (Phi) is 8.97. The second-order valence-corrected chi connectivity index (χ2v) is 10.4. The van der Waals surface area contributed by atoms with E-state index in [0.29, 0.717) is 48.8 Å². The summed E-state index contributed by atoms with van der Waals surface area (Å²) in [5, 5.41) is 14.8. The number of nitrogens with one attached hydrogen (secondary N) is 2. The molecular formula is C28H33N7O6. The van der Waals surface area contributed by atoms with E-state index in [1.54, 1.807) is 57.4 Å². The first kappa shape index (κ1) is 29.2. The van der Waals surface area contributed by atoms with Crippen LogP contribution in [0.3, 0.4) is 0 Å². The number of carbonyl (C=O) groups excluding carboxylic acids is 2. The second-order valence-electron chi connectivity index (χ2n) is 10.4. The lowest BCUT2D eigenvalue weighted by Crippen LogP contribution is -2.44. The van der Waals surface area contributed by atoms with E-state index in [9.17, 15) is 19.5 Å². The van der Waals surface area contributed by atoms with Crippen molar-refractivity contribution in [3.8, 4) is 11.3 Å². The van der Waals surface area contributed by atoms with Crippen LogP contribution in [0.5, 0.6) is 0 Å². The lowest BCUT2D eigenvalue weighted by Gasteiger charge is -2.30. The highest BCUT2D eigenvalue weighted by Gasteiger charge is 2.24. The van der Waals surface area contributed by atoms with Crippen molar-refractivity contribution in [1.29, 1.82) is 0 Å². The van der Waals surface area contributed by atoms with Gasteiger partial charge in [0, 0.05) is 31.3 Å². The van der Waals surface area contributed by atoms with Crippen LogP contribution in [0.25, 0.3) is 11.3 Å². The van der Waals surface area contributed by atoms with Crippen molar-refractivity contribution in [1.82, 2.24) is 20.3 Å². The number of morpholine rings is 1. The first-order chi connectivity index (χ1) is 19.5. The van der Waals surface area contributed by atoms with Gasteiger partial charge in [-0.1, -0.05) is 24.3 Å². The summed E-state index contributed by atoms with van der Waals surface area (Å²) in [6.07, 6.45) is 3.90. The van der Waals surface area contributed by atoms with Crippen LogP contribution in [0.15, 0.2) is 48.9 Å². The Bertz CT molecular complexity index is 1400. The lowest BCUT2D eigenvalue weighted by molar-refractivity contribution is -0.139. The van der Waals surface area contributed by atoms with E-state index < -0.39 is 29.6 Å². The van der Waals surface area contributed by atoms with Crippen LogP contribution < -0.4 is 21.3 Å². The smallest absolute Gasteiger partial charge is 0.408 e. The molecule has 13 heteroatoms. The summed E-state index contributed by atoms with van der Waals surface area (Å²) < 4.78 is 10.6. The van der Waals surface area contributed by atoms with Gasteiger partial charge in [0.1, 0.15) is 11.6 Å². The second kappa shape index (κ2) is 12.6. The molecule has 1 atom stereocenters. The van der Waals surface area contributed by atoms with Gasteiger partial charge >= 0.3 is 12.1 Å². The molecule has 1 saturated heterocycles. The number of carboxylic acids is 1. The summed E-state index contributed by atoms with van der Waals surface area (Å²) in [7, 11) is 0. The van der Waals surface area contributed by atoms with Crippen molar-refractivity contribution in [2.45, 2.75) is 38.8 Å². The zero-order chi connectivity index (χ0) is 29.6. The van der Waals surface area contributed by atoms with Crippen LogP contribution in [-0.4, -0.2) is 76.0 Å². The Hall–Kier alpha value is -4.78. The molecule has 1 fully saturated rings. The molecule has 3 aromatic rings. The van der Waals surface area contributed by atoms with Gasteiger partial charge in [-0.3, -0.25) is 9.78 Å². The van der Waals surface area contributed by atoms with Gasteiger partial charge in [0.25, 0.3) is 5.91 Å². The van der Waals surface area contributed by atoms with E-state index in [-0.39, 0.29) is 17.9 Å². The highest BCUT2D eigenvalue weighted by atomic mass is 16.6. The number of benzene rings is 1. The van der Waals surface area contributed by atoms with Crippen LogP contribution in [0.2, 0.25) is 0 Å². The first-order valence-electron chi connectivity index (χ1n) is 13.0. The summed E-state index contributed by atoms with van der Waals surface area (Å²) in [5.74, 6) is -1.75. The number of hydrogen-bond acceptors (Lipinski definition) is 10. The highest BCUT2D eigenvalue weighted by Crippen LogP contribution is 2.27. The maximum atomic E-state index is 13.2. The quantitative estimate of drug-likeness (QED) is 0.316. The number of anilines is 3. The number of carbonyl (C=O) groups is 3. The van der Waals surface area contributed by atoms with Crippen LogP contribution >= 0.6 is 0 Å². The minimum absolute atomic E-state index is 0.0304. The first-order valence-corrected chi connectivity index (χ1v) is 13.0. The summed E-state index contributed by atoms with van der Waals surface area (Å²) in [5.41, 5.74) is 8.24. The summed E-state index contributed by atoms with van der Waals surface area (Å²) in [4.78, 5) is 51.8. The molecule has 0 radical (unpaired) electrons. The number of alkyl carbamates (subject to hydrolysis) is 1. The third-order valence-electron chi connectivity index (χ3n) is 6.09. The number of rotatable bonds is 8. The van der Waals surface area contributed by atoms with E-state index in [1.807, 2.05) is 6.07 Å².